The van der Waals surface area contributed by atoms with Crippen LogP contribution in [0.15, 0.2) is 18.2 Å². The summed E-state index contributed by atoms with van der Waals surface area (Å²) in [5.41, 5.74) is 1.81. The molecule has 0 saturated carbocycles. The van der Waals surface area contributed by atoms with Crippen molar-refractivity contribution in [2.45, 2.75) is 104 Å². The Morgan fingerprint density at radius 3 is 2.27 bits per heavy atom. The Hall–Kier alpha value is -2.75. The third-order valence-corrected chi connectivity index (χ3v) is 7.19. The number of methoxy groups -OCH3 is 1. The predicted octanol–water partition coefficient (Wildman–Crippen LogP) is 5.47. The highest BCUT2D eigenvalue weighted by atomic mass is 32.2. The number of carbonyl (C=O) groups excluding carboxylic acids is 4. The van der Waals surface area contributed by atoms with Gasteiger partial charge in [0.25, 0.3) is 0 Å². The van der Waals surface area contributed by atoms with Crippen LogP contribution in [-0.2, 0) is 23.9 Å². The smallest absolute Gasteiger partial charge is 0.408 e. The van der Waals surface area contributed by atoms with Gasteiger partial charge in [-0.15, -0.1) is 0 Å². The Kier molecular flexibility index (Phi) is 16.5. The van der Waals surface area contributed by atoms with Crippen LogP contribution in [0.25, 0.3) is 0 Å². The maximum atomic E-state index is 14.3. The number of thioether (sulfide) groups is 1. The first kappa shape index (κ1) is 36.3. The van der Waals surface area contributed by atoms with Gasteiger partial charge >= 0.3 is 12.1 Å². The first-order valence-electron chi connectivity index (χ1n) is 14.5. The number of aryl methyl sites for hydroxylation is 2. The minimum absolute atomic E-state index is 0.318. The van der Waals surface area contributed by atoms with E-state index in [2.05, 4.69) is 17.6 Å². The van der Waals surface area contributed by atoms with E-state index in [1.165, 1.54) is 7.11 Å². The molecule has 3 amide bonds. The number of esters is 1. The lowest BCUT2D eigenvalue weighted by molar-refractivity contribution is -0.144. The maximum Gasteiger partial charge on any atom is 0.408 e. The number of carbonyl (C=O) groups is 4. The molecule has 2 atom stereocenters. The Morgan fingerprint density at radius 1 is 1.02 bits per heavy atom. The molecular weight excluding hydrogens is 542 g/mol. The molecule has 0 radical (unpaired) electrons. The van der Waals surface area contributed by atoms with Crippen LogP contribution in [-0.4, -0.2) is 72.6 Å². The molecule has 0 saturated heterocycles. The predicted molar refractivity (Wildman–Crippen MR) is 165 cm³/mol. The van der Waals surface area contributed by atoms with E-state index in [0.29, 0.717) is 30.7 Å². The SMILES string of the molecule is CCCCCCCCN(C(=O)C(CCSC)NC(=O)OC(C)(C)C)C(C(=O)NCC(=O)OC)c1ccc(C)cc1C. The molecule has 1 rings (SSSR count). The zero-order valence-corrected chi connectivity index (χ0v) is 27.1. The molecule has 1 aromatic carbocycles. The molecule has 9 nitrogen and oxygen atoms in total. The number of amides is 3. The van der Waals surface area contributed by atoms with Crippen LogP contribution in [0.1, 0.15) is 95.4 Å². The summed E-state index contributed by atoms with van der Waals surface area (Å²) in [5.74, 6) is -0.810. The number of benzene rings is 1. The second-order valence-electron chi connectivity index (χ2n) is 11.3. The van der Waals surface area contributed by atoms with Gasteiger partial charge in [-0.3, -0.25) is 14.4 Å². The molecule has 10 heteroatoms. The number of ether oxygens (including phenoxy) is 2. The third-order valence-electron chi connectivity index (χ3n) is 6.55. The molecule has 1 aromatic rings. The molecule has 0 spiro atoms. The minimum Gasteiger partial charge on any atom is -0.468 e. The van der Waals surface area contributed by atoms with Crippen molar-refractivity contribution in [2.75, 3.05) is 32.2 Å². The van der Waals surface area contributed by atoms with Crippen molar-refractivity contribution in [3.63, 3.8) is 0 Å². The van der Waals surface area contributed by atoms with E-state index in [1.807, 2.05) is 38.3 Å². The van der Waals surface area contributed by atoms with Crippen molar-refractivity contribution in [3.05, 3.63) is 34.9 Å². The number of nitrogens with zero attached hydrogens (tertiary/aromatic N) is 1. The van der Waals surface area contributed by atoms with Gasteiger partial charge in [0.2, 0.25) is 11.8 Å². The van der Waals surface area contributed by atoms with Gasteiger partial charge < -0.3 is 25.0 Å². The summed E-state index contributed by atoms with van der Waals surface area (Å²) in [4.78, 5) is 54.2. The van der Waals surface area contributed by atoms with Gasteiger partial charge in [-0.25, -0.2) is 4.79 Å². The highest BCUT2D eigenvalue weighted by Gasteiger charge is 2.36. The van der Waals surface area contributed by atoms with Gasteiger partial charge in [-0.1, -0.05) is 62.8 Å². The van der Waals surface area contributed by atoms with Crippen LogP contribution >= 0.6 is 11.8 Å². The van der Waals surface area contributed by atoms with Crippen LogP contribution < -0.4 is 10.6 Å². The van der Waals surface area contributed by atoms with Crippen LogP contribution in [0.4, 0.5) is 4.79 Å². The van der Waals surface area contributed by atoms with E-state index in [0.717, 1.165) is 43.2 Å². The largest absolute Gasteiger partial charge is 0.468 e. The molecule has 0 aromatic heterocycles. The molecule has 0 aliphatic carbocycles. The lowest BCUT2D eigenvalue weighted by Gasteiger charge is -2.35. The fraction of sp³-hybridized carbons (Fsp3) is 0.677. The van der Waals surface area contributed by atoms with E-state index < -0.39 is 35.7 Å². The normalized spacial score (nSPS) is 12.7. The van der Waals surface area contributed by atoms with Crippen molar-refractivity contribution >= 4 is 35.6 Å². The second kappa shape index (κ2) is 18.6. The van der Waals surface area contributed by atoms with Crippen molar-refractivity contribution in [1.82, 2.24) is 15.5 Å². The van der Waals surface area contributed by atoms with E-state index in [9.17, 15) is 19.2 Å². The number of unbranched alkanes of at least 4 members (excludes halogenated alkanes) is 5. The Bertz CT molecular complexity index is 995. The summed E-state index contributed by atoms with van der Waals surface area (Å²) in [6.07, 6.45) is 7.65. The zero-order valence-electron chi connectivity index (χ0n) is 26.3. The third kappa shape index (κ3) is 13.6. The fourth-order valence-corrected chi connectivity index (χ4v) is 4.95. The number of hydrogen-bond donors (Lipinski definition) is 2. The van der Waals surface area contributed by atoms with Gasteiger partial charge in [0.05, 0.1) is 7.11 Å². The summed E-state index contributed by atoms with van der Waals surface area (Å²) < 4.78 is 10.2. The first-order chi connectivity index (χ1) is 19.3. The van der Waals surface area contributed by atoms with Crippen molar-refractivity contribution in [3.8, 4) is 0 Å². The number of rotatable bonds is 17. The zero-order chi connectivity index (χ0) is 31.0. The molecule has 0 heterocycles. The van der Waals surface area contributed by atoms with Gasteiger partial charge in [-0.05, 0) is 70.6 Å². The second-order valence-corrected chi connectivity index (χ2v) is 12.3. The van der Waals surface area contributed by atoms with Crippen molar-refractivity contribution < 1.29 is 28.7 Å². The molecule has 0 aliphatic rings. The van der Waals surface area contributed by atoms with Gasteiger partial charge in [0.1, 0.15) is 24.2 Å². The Morgan fingerprint density at radius 2 is 1.68 bits per heavy atom. The van der Waals surface area contributed by atoms with E-state index in [1.54, 1.807) is 37.4 Å². The standard InChI is InChI=1S/C31H51N3O6S/c1-9-10-11-12-13-14-18-34(29(37)25(17-19-41-8)33-30(38)40-31(4,5)6)27(28(36)32-21-26(35)39-7)24-16-15-22(2)20-23(24)3/h15-16,20,25,27H,9-14,17-19,21H2,1-8H3,(H,32,36)(H,33,38). The number of nitrogens with one attached hydrogen (secondary N) is 2. The van der Waals surface area contributed by atoms with E-state index in [4.69, 9.17) is 9.47 Å². The molecule has 2 unspecified atom stereocenters. The molecule has 0 bridgehead atoms. The molecule has 2 N–H and O–H groups in total. The number of alkyl carbamates (subject to hydrolysis) is 1. The topological polar surface area (TPSA) is 114 Å². The summed E-state index contributed by atoms with van der Waals surface area (Å²) in [6.45, 7) is 11.3. The monoisotopic (exact) mass is 593 g/mol. The number of hydrogen-bond acceptors (Lipinski definition) is 7. The molecule has 0 fully saturated rings. The lowest BCUT2D eigenvalue weighted by atomic mass is 9.96. The van der Waals surface area contributed by atoms with Crippen LogP contribution in [0.3, 0.4) is 0 Å². The van der Waals surface area contributed by atoms with E-state index >= 15 is 0 Å². The lowest BCUT2D eigenvalue weighted by Crippen LogP contribution is -2.53. The highest BCUT2D eigenvalue weighted by molar-refractivity contribution is 7.98. The maximum absolute atomic E-state index is 14.3. The van der Waals surface area contributed by atoms with Crippen molar-refractivity contribution in [2.24, 2.45) is 0 Å². The van der Waals surface area contributed by atoms with Crippen LogP contribution in [0, 0.1) is 13.8 Å². The van der Waals surface area contributed by atoms with E-state index in [-0.39, 0.29) is 12.5 Å². The fourth-order valence-electron chi connectivity index (χ4n) is 4.48. The van der Waals surface area contributed by atoms with Gasteiger partial charge in [0, 0.05) is 6.54 Å². The molecule has 232 valence electrons. The van der Waals surface area contributed by atoms with Gasteiger partial charge in [0.15, 0.2) is 0 Å². The first-order valence-corrected chi connectivity index (χ1v) is 15.9. The van der Waals surface area contributed by atoms with Crippen LogP contribution in [0.5, 0.6) is 0 Å². The highest BCUT2D eigenvalue weighted by Crippen LogP contribution is 2.28. The van der Waals surface area contributed by atoms with Crippen LogP contribution in [0.2, 0.25) is 0 Å². The van der Waals surface area contributed by atoms with Crippen molar-refractivity contribution in [1.29, 1.82) is 0 Å². The summed E-state index contributed by atoms with van der Waals surface area (Å²) in [5, 5.41) is 5.42. The quantitative estimate of drug-likeness (QED) is 0.182. The van der Waals surface area contributed by atoms with Gasteiger partial charge in [-0.2, -0.15) is 11.8 Å². The Balaban J connectivity index is 3.50. The molecule has 41 heavy (non-hydrogen) atoms. The average Bonchev–Trinajstić information content (AvgIpc) is 2.90. The summed E-state index contributed by atoms with van der Waals surface area (Å²) in [7, 11) is 1.25. The summed E-state index contributed by atoms with van der Waals surface area (Å²) in [6, 6.07) is 3.83. The summed E-state index contributed by atoms with van der Waals surface area (Å²) >= 11 is 1.56. The molecule has 0 aliphatic heterocycles. The molecular formula is C31H51N3O6S. The minimum atomic E-state index is -0.999. The Labute approximate surface area is 250 Å². The average molecular weight is 594 g/mol.